The van der Waals surface area contributed by atoms with E-state index in [0.717, 1.165) is 18.4 Å². The van der Waals surface area contributed by atoms with Gasteiger partial charge in [0.25, 0.3) is 0 Å². The van der Waals surface area contributed by atoms with Gasteiger partial charge in [-0.3, -0.25) is 0 Å². The van der Waals surface area contributed by atoms with E-state index in [0.29, 0.717) is 12.1 Å². The van der Waals surface area contributed by atoms with Gasteiger partial charge in [-0.2, -0.15) is 0 Å². The molecule has 2 atom stereocenters. The number of hydrogen-bond acceptors (Lipinski definition) is 1. The van der Waals surface area contributed by atoms with Gasteiger partial charge < -0.3 is 5.32 Å². The van der Waals surface area contributed by atoms with E-state index in [1.807, 2.05) is 0 Å². The van der Waals surface area contributed by atoms with Gasteiger partial charge in [-0.25, -0.2) is 4.39 Å². The van der Waals surface area contributed by atoms with Crippen LogP contribution in [0.4, 0.5) is 4.39 Å². The van der Waals surface area contributed by atoms with Crippen LogP contribution in [-0.2, 0) is 6.54 Å². The molecule has 100 valence electrons. The van der Waals surface area contributed by atoms with Gasteiger partial charge in [-0.15, -0.1) is 0 Å². The fraction of sp³-hybridized carbons (Fsp3) is 0.600. The second-order valence-corrected chi connectivity index (χ2v) is 5.77. The molecule has 2 unspecified atom stereocenters. The summed E-state index contributed by atoms with van der Waals surface area (Å²) in [6.45, 7) is 3.87. The lowest BCUT2D eigenvalue weighted by Gasteiger charge is -2.28. The van der Waals surface area contributed by atoms with E-state index in [-0.39, 0.29) is 10.8 Å². The summed E-state index contributed by atoms with van der Waals surface area (Å²) in [5, 5.41) is 3.58. The Bertz CT molecular complexity index is 394. The topological polar surface area (TPSA) is 12.0 Å². The fourth-order valence-corrected chi connectivity index (χ4v) is 2.97. The lowest BCUT2D eigenvalue weighted by atomic mass is 9.80. The molecule has 1 aliphatic rings. The van der Waals surface area contributed by atoms with Gasteiger partial charge in [0.05, 0.1) is 5.02 Å². The molecule has 0 saturated heterocycles. The lowest BCUT2D eigenvalue weighted by Crippen LogP contribution is -2.29. The average molecular weight is 270 g/mol. The normalized spacial score (nSPS) is 24.2. The van der Waals surface area contributed by atoms with Crippen molar-refractivity contribution in [2.75, 3.05) is 6.54 Å². The van der Waals surface area contributed by atoms with Crippen molar-refractivity contribution < 1.29 is 4.39 Å². The third kappa shape index (κ3) is 3.46. The van der Waals surface area contributed by atoms with Crippen LogP contribution in [0.2, 0.25) is 5.02 Å². The molecule has 1 nitrogen and oxygen atoms in total. The number of rotatable bonds is 4. The smallest absolute Gasteiger partial charge is 0.146 e. The highest BCUT2D eigenvalue weighted by Crippen LogP contribution is 2.29. The molecule has 1 saturated carbocycles. The molecule has 1 aromatic rings. The molecular formula is C15H21ClFN. The minimum Gasteiger partial charge on any atom is -0.312 e. The predicted molar refractivity (Wildman–Crippen MR) is 74.2 cm³/mol. The van der Waals surface area contributed by atoms with E-state index in [1.165, 1.54) is 25.7 Å². The highest BCUT2D eigenvalue weighted by molar-refractivity contribution is 6.30. The molecule has 1 aromatic carbocycles. The highest BCUT2D eigenvalue weighted by atomic mass is 35.5. The molecule has 0 spiro atoms. The Morgan fingerprint density at radius 1 is 1.33 bits per heavy atom. The van der Waals surface area contributed by atoms with Crippen LogP contribution in [0.15, 0.2) is 18.2 Å². The summed E-state index contributed by atoms with van der Waals surface area (Å²) in [4.78, 5) is 0. The predicted octanol–water partition coefficient (Wildman–Crippen LogP) is 4.40. The summed E-state index contributed by atoms with van der Waals surface area (Å²) >= 11 is 5.76. The molecule has 0 amide bonds. The van der Waals surface area contributed by atoms with Crippen molar-refractivity contribution in [3.8, 4) is 0 Å². The quantitative estimate of drug-likeness (QED) is 0.855. The van der Waals surface area contributed by atoms with E-state index in [4.69, 9.17) is 11.6 Å². The molecule has 0 bridgehead atoms. The fourth-order valence-electron chi connectivity index (χ4n) is 2.77. The van der Waals surface area contributed by atoms with E-state index in [1.54, 1.807) is 18.2 Å². The monoisotopic (exact) mass is 269 g/mol. The molecule has 1 fully saturated rings. The van der Waals surface area contributed by atoms with Crippen molar-refractivity contribution in [2.45, 2.75) is 39.2 Å². The first-order valence-corrected chi connectivity index (χ1v) is 7.20. The SMILES string of the molecule is CC1CCCCC1CNCc1cccc(Cl)c1F. The second kappa shape index (κ2) is 6.53. The minimum atomic E-state index is -0.289. The van der Waals surface area contributed by atoms with E-state index in [2.05, 4.69) is 12.2 Å². The van der Waals surface area contributed by atoms with Crippen molar-refractivity contribution in [3.63, 3.8) is 0 Å². The summed E-state index contributed by atoms with van der Waals surface area (Å²) in [6.07, 6.45) is 5.33. The number of benzene rings is 1. The summed E-state index contributed by atoms with van der Waals surface area (Å²) in [7, 11) is 0. The number of halogens is 2. The van der Waals surface area contributed by atoms with Gasteiger partial charge in [0.15, 0.2) is 0 Å². The van der Waals surface area contributed by atoms with Gasteiger partial charge in [0.1, 0.15) is 5.82 Å². The Kier molecular flexibility index (Phi) is 5.02. The summed E-state index contributed by atoms with van der Waals surface area (Å²) in [6, 6.07) is 5.17. The minimum absolute atomic E-state index is 0.209. The Labute approximate surface area is 114 Å². The third-order valence-corrected chi connectivity index (χ3v) is 4.33. The molecule has 0 heterocycles. The molecule has 0 aliphatic heterocycles. The van der Waals surface area contributed by atoms with Crippen LogP contribution in [0.25, 0.3) is 0 Å². The molecular weight excluding hydrogens is 249 g/mol. The Morgan fingerprint density at radius 2 is 2.11 bits per heavy atom. The van der Waals surface area contributed by atoms with Crippen LogP contribution in [-0.4, -0.2) is 6.54 Å². The van der Waals surface area contributed by atoms with Crippen molar-refractivity contribution in [2.24, 2.45) is 11.8 Å². The van der Waals surface area contributed by atoms with E-state index in [9.17, 15) is 4.39 Å². The van der Waals surface area contributed by atoms with Gasteiger partial charge in [0.2, 0.25) is 0 Å². The van der Waals surface area contributed by atoms with Gasteiger partial charge in [-0.05, 0) is 30.9 Å². The van der Waals surface area contributed by atoms with Crippen LogP contribution in [0.5, 0.6) is 0 Å². The van der Waals surface area contributed by atoms with Crippen LogP contribution >= 0.6 is 11.6 Å². The van der Waals surface area contributed by atoms with Gasteiger partial charge >= 0.3 is 0 Å². The van der Waals surface area contributed by atoms with Crippen molar-refractivity contribution in [3.05, 3.63) is 34.6 Å². The molecule has 1 N–H and O–H groups in total. The van der Waals surface area contributed by atoms with Crippen molar-refractivity contribution in [1.82, 2.24) is 5.32 Å². The average Bonchev–Trinajstić information content (AvgIpc) is 2.37. The Hall–Kier alpha value is -0.600. The largest absolute Gasteiger partial charge is 0.312 e. The van der Waals surface area contributed by atoms with E-state index < -0.39 is 0 Å². The van der Waals surface area contributed by atoms with Crippen molar-refractivity contribution >= 4 is 11.6 Å². The third-order valence-electron chi connectivity index (χ3n) is 4.04. The first-order chi connectivity index (χ1) is 8.68. The maximum absolute atomic E-state index is 13.7. The summed E-state index contributed by atoms with van der Waals surface area (Å²) < 4.78 is 13.7. The standard InChI is InChI=1S/C15H21ClFN/c1-11-5-2-3-6-12(11)9-18-10-13-7-4-8-14(16)15(13)17/h4,7-8,11-12,18H,2-3,5-6,9-10H2,1H3. The molecule has 0 radical (unpaired) electrons. The first-order valence-electron chi connectivity index (χ1n) is 6.82. The Morgan fingerprint density at radius 3 is 2.89 bits per heavy atom. The van der Waals surface area contributed by atoms with Crippen LogP contribution in [0.3, 0.4) is 0 Å². The maximum Gasteiger partial charge on any atom is 0.146 e. The first kappa shape index (κ1) is 13.8. The summed E-state index contributed by atoms with van der Waals surface area (Å²) in [5.41, 5.74) is 0.658. The molecule has 18 heavy (non-hydrogen) atoms. The van der Waals surface area contributed by atoms with Crippen LogP contribution in [0.1, 0.15) is 38.2 Å². The molecule has 2 rings (SSSR count). The zero-order chi connectivity index (χ0) is 13.0. The van der Waals surface area contributed by atoms with Crippen molar-refractivity contribution in [1.29, 1.82) is 0 Å². The number of nitrogens with one attached hydrogen (secondary N) is 1. The van der Waals surface area contributed by atoms with Crippen LogP contribution in [0, 0.1) is 17.7 Å². The van der Waals surface area contributed by atoms with E-state index >= 15 is 0 Å². The van der Waals surface area contributed by atoms with Gasteiger partial charge in [-0.1, -0.05) is 49.9 Å². The zero-order valence-corrected chi connectivity index (χ0v) is 11.6. The molecule has 0 aromatic heterocycles. The molecule has 3 heteroatoms. The summed E-state index contributed by atoms with van der Waals surface area (Å²) in [5.74, 6) is 1.24. The maximum atomic E-state index is 13.7. The van der Waals surface area contributed by atoms with Gasteiger partial charge in [0, 0.05) is 12.1 Å². The molecule has 1 aliphatic carbocycles. The van der Waals surface area contributed by atoms with Crippen LogP contribution < -0.4 is 5.32 Å². The second-order valence-electron chi connectivity index (χ2n) is 5.37. The highest BCUT2D eigenvalue weighted by Gasteiger charge is 2.20. The zero-order valence-electron chi connectivity index (χ0n) is 10.9. The lowest BCUT2D eigenvalue weighted by molar-refractivity contribution is 0.247. The number of hydrogen-bond donors (Lipinski definition) is 1. The Balaban J connectivity index is 1.83.